The third kappa shape index (κ3) is 8.01. The van der Waals surface area contributed by atoms with Crippen LogP contribution in [0.5, 0.6) is 0 Å². The van der Waals surface area contributed by atoms with Gasteiger partial charge in [0.15, 0.2) is 0 Å². The molecule has 5 rings (SSSR count). The summed E-state index contributed by atoms with van der Waals surface area (Å²) in [7, 11) is 0. The highest BCUT2D eigenvalue weighted by Gasteiger charge is 2.16. The molecule has 0 spiro atoms. The van der Waals surface area contributed by atoms with Gasteiger partial charge in [0.25, 0.3) is 0 Å². The van der Waals surface area contributed by atoms with Crippen molar-refractivity contribution in [1.82, 2.24) is 4.57 Å². The van der Waals surface area contributed by atoms with E-state index in [-0.39, 0.29) is 0 Å². The van der Waals surface area contributed by atoms with Crippen molar-refractivity contribution in [3.05, 3.63) is 152 Å². The standard InChI is InChI=1S/C35H29N3.C5H10.C2H6/c1-5-14-25(7-3)30(15-6-2)37-32-24-26(22-23-31(32)36-4)28-19-13-21-34-35(28)29-18-11-12-20-33(29)38(34)27-16-9-8-10-17-27;1-3-5-4-2;1-2/h5-24H,1,3-4H2,2H3;3,5H,4H2,1-2H3;1-2H3/b15-6-,25-14+,37-30?;5-3+;. The Balaban J connectivity index is 0.000000719. The molecule has 0 saturated carbocycles. The summed E-state index contributed by atoms with van der Waals surface area (Å²) in [6.07, 6.45) is 14.7. The molecule has 0 fully saturated rings. The smallest absolute Gasteiger partial charge is 0.0899 e. The van der Waals surface area contributed by atoms with E-state index in [1.54, 1.807) is 12.2 Å². The third-order valence-corrected chi connectivity index (χ3v) is 7.02. The van der Waals surface area contributed by atoms with Gasteiger partial charge in [0.05, 0.1) is 28.1 Å². The van der Waals surface area contributed by atoms with Crippen molar-refractivity contribution in [2.24, 2.45) is 9.98 Å². The van der Waals surface area contributed by atoms with Crippen LogP contribution in [0.25, 0.3) is 38.6 Å². The second-order valence-corrected chi connectivity index (χ2v) is 9.79. The van der Waals surface area contributed by atoms with Crippen molar-refractivity contribution in [2.45, 2.75) is 41.0 Å². The second-order valence-electron chi connectivity index (χ2n) is 9.79. The van der Waals surface area contributed by atoms with Crippen molar-refractivity contribution in [3.63, 3.8) is 0 Å². The van der Waals surface area contributed by atoms with E-state index in [9.17, 15) is 0 Å². The van der Waals surface area contributed by atoms with Crippen molar-refractivity contribution < 1.29 is 0 Å². The molecular formula is C42H45N3. The number of nitrogens with zero attached hydrogens (tertiary/aromatic N) is 3. The van der Waals surface area contributed by atoms with Crippen molar-refractivity contribution in [1.29, 1.82) is 0 Å². The summed E-state index contributed by atoms with van der Waals surface area (Å²) < 4.78 is 2.33. The van der Waals surface area contributed by atoms with E-state index in [2.05, 4.69) is 127 Å². The van der Waals surface area contributed by atoms with Gasteiger partial charge in [-0.25, -0.2) is 4.99 Å². The van der Waals surface area contributed by atoms with Gasteiger partial charge < -0.3 is 4.57 Å². The number of aliphatic imine (C=N–C) groups is 2. The predicted octanol–water partition coefficient (Wildman–Crippen LogP) is 12.7. The predicted molar refractivity (Wildman–Crippen MR) is 202 cm³/mol. The topological polar surface area (TPSA) is 29.6 Å². The molecule has 0 aliphatic carbocycles. The lowest BCUT2D eigenvalue weighted by atomic mass is 9.98. The Bertz CT molecular complexity index is 1860. The lowest BCUT2D eigenvalue weighted by molar-refractivity contribution is 1.18. The quantitative estimate of drug-likeness (QED) is 0.0927. The molecule has 0 radical (unpaired) electrons. The largest absolute Gasteiger partial charge is 0.309 e. The Hall–Kier alpha value is -5.28. The van der Waals surface area contributed by atoms with Crippen LogP contribution in [0.15, 0.2) is 162 Å². The molecule has 3 heteroatoms. The zero-order valence-corrected chi connectivity index (χ0v) is 27.4. The molecule has 0 atom stereocenters. The summed E-state index contributed by atoms with van der Waals surface area (Å²) in [5, 5.41) is 2.41. The van der Waals surface area contributed by atoms with Crippen molar-refractivity contribution in [2.75, 3.05) is 0 Å². The maximum absolute atomic E-state index is 4.99. The molecule has 0 aliphatic rings. The summed E-state index contributed by atoms with van der Waals surface area (Å²) in [6.45, 7) is 21.7. The first-order valence-corrected chi connectivity index (χ1v) is 15.6. The van der Waals surface area contributed by atoms with Crippen LogP contribution in [0.3, 0.4) is 0 Å². The highest BCUT2D eigenvalue weighted by molar-refractivity contribution is 6.16. The number of fused-ring (bicyclic) bond motifs is 3. The molecule has 0 unspecified atom stereocenters. The van der Waals surface area contributed by atoms with Crippen molar-refractivity contribution >= 4 is 45.6 Å². The van der Waals surface area contributed by atoms with E-state index in [1.165, 1.54) is 16.3 Å². The minimum absolute atomic E-state index is 0.719. The van der Waals surface area contributed by atoms with Crippen LogP contribution < -0.4 is 0 Å². The Morgan fingerprint density at radius 3 is 2.13 bits per heavy atom. The average molecular weight is 592 g/mol. The zero-order valence-electron chi connectivity index (χ0n) is 27.4. The molecule has 3 nitrogen and oxygen atoms in total. The van der Waals surface area contributed by atoms with Gasteiger partial charge in [-0.2, -0.15) is 0 Å². The Morgan fingerprint density at radius 1 is 0.800 bits per heavy atom. The number of aromatic nitrogens is 1. The SMILES string of the molecule is C/C=C/CC.C=C/C=C(\C=C)C(/C=C\C)=Nc1cc(-c2cccc3c2c2ccccc2n3-c2ccccc2)ccc1N=C.CC. The molecule has 0 N–H and O–H groups in total. The fraction of sp³-hybridized carbons (Fsp3) is 0.143. The summed E-state index contributed by atoms with van der Waals surface area (Å²) in [4.78, 5) is 9.25. The Labute approximate surface area is 269 Å². The molecule has 0 bridgehead atoms. The van der Waals surface area contributed by atoms with E-state index >= 15 is 0 Å². The fourth-order valence-corrected chi connectivity index (χ4v) is 5.14. The van der Waals surface area contributed by atoms with Crippen LogP contribution in [0, 0.1) is 0 Å². The summed E-state index contributed by atoms with van der Waals surface area (Å²) in [6, 6.07) is 31.7. The van der Waals surface area contributed by atoms with Crippen LogP contribution in [-0.2, 0) is 0 Å². The van der Waals surface area contributed by atoms with Gasteiger partial charge in [0.1, 0.15) is 0 Å². The monoisotopic (exact) mass is 591 g/mol. The highest BCUT2D eigenvalue weighted by atomic mass is 15.0. The van der Waals surface area contributed by atoms with E-state index in [1.807, 2.05) is 58.1 Å². The molecule has 0 aliphatic heterocycles. The number of hydrogen-bond donors (Lipinski definition) is 0. The molecular weight excluding hydrogens is 546 g/mol. The molecule has 5 aromatic rings. The van der Waals surface area contributed by atoms with Gasteiger partial charge in [-0.1, -0.05) is 125 Å². The molecule has 1 aromatic heterocycles. The number of benzene rings is 4. The number of allylic oxidation sites excluding steroid dienone is 8. The summed E-state index contributed by atoms with van der Waals surface area (Å²) in [5.74, 6) is 0. The molecule has 4 aromatic carbocycles. The van der Waals surface area contributed by atoms with Gasteiger partial charge in [0.2, 0.25) is 0 Å². The highest BCUT2D eigenvalue weighted by Crippen LogP contribution is 2.41. The Morgan fingerprint density at radius 2 is 1.51 bits per heavy atom. The molecule has 1 heterocycles. The third-order valence-electron chi connectivity index (χ3n) is 7.02. The molecule has 228 valence electrons. The lowest BCUT2D eigenvalue weighted by Crippen LogP contribution is -1.96. The van der Waals surface area contributed by atoms with Gasteiger partial charge in [-0.3, -0.25) is 4.99 Å². The van der Waals surface area contributed by atoms with Gasteiger partial charge >= 0.3 is 0 Å². The first-order valence-electron chi connectivity index (χ1n) is 15.6. The fourth-order valence-electron chi connectivity index (χ4n) is 5.14. The second kappa shape index (κ2) is 17.7. The van der Waals surface area contributed by atoms with Crippen molar-refractivity contribution in [3.8, 4) is 16.8 Å². The van der Waals surface area contributed by atoms with E-state index in [0.29, 0.717) is 0 Å². The van der Waals surface area contributed by atoms with Crippen LogP contribution in [-0.4, -0.2) is 17.0 Å². The van der Waals surface area contributed by atoms with Gasteiger partial charge in [0, 0.05) is 16.5 Å². The van der Waals surface area contributed by atoms with Gasteiger partial charge in [-0.15, -0.1) is 0 Å². The first-order chi connectivity index (χ1) is 22.1. The maximum atomic E-state index is 4.99. The van der Waals surface area contributed by atoms with Crippen LogP contribution in [0.2, 0.25) is 0 Å². The van der Waals surface area contributed by atoms with Crippen LogP contribution in [0.4, 0.5) is 11.4 Å². The first kappa shape index (κ1) is 34.2. The Kier molecular flexibility index (Phi) is 13.5. The molecule has 0 saturated heterocycles. The number of rotatable bonds is 9. The summed E-state index contributed by atoms with van der Waals surface area (Å²) in [5.41, 5.74) is 8.78. The van der Waals surface area contributed by atoms with E-state index < -0.39 is 0 Å². The maximum Gasteiger partial charge on any atom is 0.0899 e. The molecule has 45 heavy (non-hydrogen) atoms. The minimum Gasteiger partial charge on any atom is -0.309 e. The lowest BCUT2D eigenvalue weighted by Gasteiger charge is -2.10. The summed E-state index contributed by atoms with van der Waals surface area (Å²) >= 11 is 0. The zero-order chi connectivity index (χ0) is 32.6. The van der Waals surface area contributed by atoms with Gasteiger partial charge in [-0.05, 0) is 86.2 Å². The number of hydrogen-bond acceptors (Lipinski definition) is 2. The van der Waals surface area contributed by atoms with E-state index in [4.69, 9.17) is 4.99 Å². The molecule has 0 amide bonds. The van der Waals surface area contributed by atoms with Crippen LogP contribution in [0.1, 0.15) is 41.0 Å². The van der Waals surface area contributed by atoms with Crippen LogP contribution >= 0.6 is 0 Å². The normalized spacial score (nSPS) is 11.7. The minimum atomic E-state index is 0.719. The van der Waals surface area contributed by atoms with E-state index in [0.717, 1.165) is 51.4 Å². The average Bonchev–Trinajstić information content (AvgIpc) is 3.43. The number of para-hydroxylation sites is 2.